The Kier molecular flexibility index (Phi) is 4.60. The quantitative estimate of drug-likeness (QED) is 0.831. The number of hydrogen-bond donors (Lipinski definition) is 1. The predicted octanol–water partition coefficient (Wildman–Crippen LogP) is 4.57. The molecule has 1 aromatic rings. The van der Waals surface area contributed by atoms with Gasteiger partial charge in [-0.15, -0.1) is 0 Å². The van der Waals surface area contributed by atoms with E-state index in [0.29, 0.717) is 27.1 Å². The van der Waals surface area contributed by atoms with Crippen molar-refractivity contribution in [3.63, 3.8) is 0 Å². The molecule has 1 saturated carbocycles. The van der Waals surface area contributed by atoms with Crippen LogP contribution in [0.4, 0.5) is 0 Å². The Morgan fingerprint density at radius 2 is 2.10 bits per heavy atom. The van der Waals surface area contributed by atoms with Crippen LogP contribution in [-0.2, 0) is 0 Å². The van der Waals surface area contributed by atoms with E-state index in [1.165, 1.54) is 6.42 Å². The monoisotopic (exact) mass is 311 g/mol. The van der Waals surface area contributed by atoms with Crippen molar-refractivity contribution in [3.8, 4) is 5.75 Å². The molecule has 4 heteroatoms. The summed E-state index contributed by atoms with van der Waals surface area (Å²) in [6, 6.07) is 5.43. The molecule has 2 rings (SSSR count). The summed E-state index contributed by atoms with van der Waals surface area (Å²) >= 11 is 11.1. The van der Waals surface area contributed by atoms with Crippen molar-refractivity contribution >= 4 is 28.8 Å². The van der Waals surface area contributed by atoms with Crippen LogP contribution in [-0.4, -0.2) is 11.1 Å². The first-order chi connectivity index (χ1) is 9.27. The molecule has 110 valence electrons. The van der Waals surface area contributed by atoms with Crippen LogP contribution in [0.1, 0.15) is 45.6 Å². The van der Waals surface area contributed by atoms with Gasteiger partial charge in [-0.3, -0.25) is 0 Å². The van der Waals surface area contributed by atoms with Gasteiger partial charge in [0.1, 0.15) is 10.7 Å². The van der Waals surface area contributed by atoms with Crippen molar-refractivity contribution < 1.29 is 4.74 Å². The van der Waals surface area contributed by atoms with Crippen LogP contribution in [0.25, 0.3) is 0 Å². The molecule has 0 aliphatic heterocycles. The highest BCUT2D eigenvalue weighted by Crippen LogP contribution is 2.40. The molecular weight excluding hydrogens is 290 g/mol. The second kappa shape index (κ2) is 5.90. The molecule has 0 bridgehead atoms. The van der Waals surface area contributed by atoms with Crippen LogP contribution in [0.15, 0.2) is 18.2 Å². The molecule has 2 unspecified atom stereocenters. The number of thiocarbonyl (C=S) groups is 1. The van der Waals surface area contributed by atoms with Gasteiger partial charge in [0, 0.05) is 5.02 Å². The van der Waals surface area contributed by atoms with E-state index in [4.69, 9.17) is 34.3 Å². The molecule has 2 nitrogen and oxygen atoms in total. The molecule has 1 aliphatic carbocycles. The fourth-order valence-electron chi connectivity index (χ4n) is 3.33. The normalized spacial score (nSPS) is 25.2. The summed E-state index contributed by atoms with van der Waals surface area (Å²) in [5, 5.41) is 0.642. The van der Waals surface area contributed by atoms with Gasteiger partial charge in [0.05, 0.1) is 11.7 Å². The Labute approximate surface area is 131 Å². The van der Waals surface area contributed by atoms with E-state index < -0.39 is 0 Å². The van der Waals surface area contributed by atoms with Crippen molar-refractivity contribution in [2.75, 3.05) is 0 Å². The minimum absolute atomic E-state index is 0.195. The summed E-state index contributed by atoms with van der Waals surface area (Å²) in [5.41, 5.74) is 6.83. The van der Waals surface area contributed by atoms with Gasteiger partial charge in [0.2, 0.25) is 0 Å². The second-order valence-electron chi connectivity index (χ2n) is 6.66. The summed E-state index contributed by atoms with van der Waals surface area (Å²) in [6.45, 7) is 6.88. The van der Waals surface area contributed by atoms with Crippen LogP contribution >= 0.6 is 23.8 Å². The average molecular weight is 312 g/mol. The largest absolute Gasteiger partial charge is 0.490 e. The van der Waals surface area contributed by atoms with E-state index in [2.05, 4.69) is 20.8 Å². The standard InChI is InChI=1S/C16H22ClNOS/c1-10-6-12(9-16(2,3)8-10)19-14-7-11(17)4-5-13(14)15(18)20/h4-5,7,10,12H,6,8-9H2,1-3H3,(H2,18,20). The van der Waals surface area contributed by atoms with Crippen molar-refractivity contribution in [3.05, 3.63) is 28.8 Å². The Hall–Kier alpha value is -0.800. The number of halogens is 1. The first-order valence-corrected chi connectivity index (χ1v) is 7.81. The van der Waals surface area contributed by atoms with Crippen LogP contribution in [0, 0.1) is 11.3 Å². The minimum atomic E-state index is 0.195. The molecule has 1 aliphatic rings. The average Bonchev–Trinajstić information content (AvgIpc) is 2.25. The van der Waals surface area contributed by atoms with Crippen molar-refractivity contribution in [2.45, 2.75) is 46.1 Å². The van der Waals surface area contributed by atoms with Gasteiger partial charge in [0.15, 0.2) is 0 Å². The lowest BCUT2D eigenvalue weighted by molar-refractivity contribution is 0.0561. The first-order valence-electron chi connectivity index (χ1n) is 7.03. The van der Waals surface area contributed by atoms with E-state index in [9.17, 15) is 0 Å². The maximum Gasteiger partial charge on any atom is 0.131 e. The highest BCUT2D eigenvalue weighted by molar-refractivity contribution is 7.80. The molecule has 0 heterocycles. The third-order valence-corrected chi connectivity index (χ3v) is 4.30. The van der Waals surface area contributed by atoms with Crippen LogP contribution in [0.2, 0.25) is 5.02 Å². The second-order valence-corrected chi connectivity index (χ2v) is 7.53. The van der Waals surface area contributed by atoms with E-state index in [-0.39, 0.29) is 6.10 Å². The Bertz CT molecular complexity index is 515. The number of rotatable bonds is 3. The van der Waals surface area contributed by atoms with E-state index in [1.807, 2.05) is 12.1 Å². The van der Waals surface area contributed by atoms with Crippen molar-refractivity contribution in [2.24, 2.45) is 17.1 Å². The zero-order valence-corrected chi connectivity index (χ0v) is 13.9. The lowest BCUT2D eigenvalue weighted by atomic mass is 9.71. The Morgan fingerprint density at radius 1 is 1.40 bits per heavy atom. The van der Waals surface area contributed by atoms with E-state index >= 15 is 0 Å². The predicted molar refractivity (Wildman–Crippen MR) is 88.6 cm³/mol. The summed E-state index contributed by atoms with van der Waals surface area (Å²) in [6.07, 6.45) is 3.54. The van der Waals surface area contributed by atoms with Gasteiger partial charge >= 0.3 is 0 Å². The summed E-state index contributed by atoms with van der Waals surface area (Å²) in [5.74, 6) is 1.37. The van der Waals surface area contributed by atoms with Gasteiger partial charge < -0.3 is 10.5 Å². The fourth-order valence-corrected chi connectivity index (χ4v) is 3.66. The molecule has 0 radical (unpaired) electrons. The molecule has 1 aromatic carbocycles. The maximum absolute atomic E-state index is 6.18. The molecular formula is C16H22ClNOS. The van der Waals surface area contributed by atoms with Crippen molar-refractivity contribution in [1.82, 2.24) is 0 Å². The summed E-state index contributed by atoms with van der Waals surface area (Å²) in [4.78, 5) is 0.347. The Morgan fingerprint density at radius 3 is 2.70 bits per heavy atom. The molecule has 1 fully saturated rings. The molecule has 0 spiro atoms. The highest BCUT2D eigenvalue weighted by Gasteiger charge is 2.33. The molecule has 2 atom stereocenters. The van der Waals surface area contributed by atoms with Crippen LogP contribution in [0.3, 0.4) is 0 Å². The number of nitrogens with two attached hydrogens (primary N) is 1. The zero-order valence-electron chi connectivity index (χ0n) is 12.3. The van der Waals surface area contributed by atoms with Gasteiger partial charge in [-0.05, 0) is 48.8 Å². The number of ether oxygens (including phenoxy) is 1. The molecule has 0 amide bonds. The summed E-state index contributed by atoms with van der Waals surface area (Å²) < 4.78 is 6.18. The zero-order chi connectivity index (χ0) is 14.9. The van der Waals surface area contributed by atoms with Crippen molar-refractivity contribution in [1.29, 1.82) is 0 Å². The topological polar surface area (TPSA) is 35.2 Å². The van der Waals surface area contributed by atoms with E-state index in [0.717, 1.165) is 18.4 Å². The number of benzene rings is 1. The highest BCUT2D eigenvalue weighted by atomic mass is 35.5. The van der Waals surface area contributed by atoms with Gasteiger partial charge in [-0.1, -0.05) is 44.6 Å². The van der Waals surface area contributed by atoms with Gasteiger partial charge in [-0.25, -0.2) is 0 Å². The molecule has 0 saturated heterocycles. The minimum Gasteiger partial charge on any atom is -0.490 e. The molecule has 2 N–H and O–H groups in total. The van der Waals surface area contributed by atoms with Gasteiger partial charge in [0.25, 0.3) is 0 Å². The SMILES string of the molecule is CC1CC(Oc2cc(Cl)ccc2C(N)=S)CC(C)(C)C1. The summed E-state index contributed by atoms with van der Waals surface area (Å²) in [7, 11) is 0. The maximum atomic E-state index is 6.18. The first kappa shape index (κ1) is 15.6. The van der Waals surface area contributed by atoms with Crippen LogP contribution in [0.5, 0.6) is 5.75 Å². The smallest absolute Gasteiger partial charge is 0.131 e. The molecule has 20 heavy (non-hydrogen) atoms. The lowest BCUT2D eigenvalue weighted by Crippen LogP contribution is -2.34. The number of hydrogen-bond acceptors (Lipinski definition) is 2. The third kappa shape index (κ3) is 3.86. The Balaban J connectivity index is 2.21. The molecule has 0 aromatic heterocycles. The fraction of sp³-hybridized carbons (Fsp3) is 0.562. The van der Waals surface area contributed by atoms with E-state index in [1.54, 1.807) is 6.07 Å². The van der Waals surface area contributed by atoms with Crippen LogP contribution < -0.4 is 10.5 Å². The lowest BCUT2D eigenvalue weighted by Gasteiger charge is -2.39. The third-order valence-electron chi connectivity index (χ3n) is 3.85. The van der Waals surface area contributed by atoms with Gasteiger partial charge in [-0.2, -0.15) is 0 Å².